The quantitative estimate of drug-likeness (QED) is 0.680. The lowest BCUT2D eigenvalue weighted by molar-refractivity contribution is -0.162. The second-order valence-corrected chi connectivity index (χ2v) is 6.35. The number of hydrogen-bond donors (Lipinski definition) is 1. The van der Waals surface area contributed by atoms with E-state index in [1.165, 1.54) is 0 Å². The Labute approximate surface area is 132 Å². The molecule has 1 aliphatic heterocycles. The van der Waals surface area contributed by atoms with E-state index in [2.05, 4.69) is 6.92 Å². The summed E-state index contributed by atoms with van der Waals surface area (Å²) in [6, 6.07) is 0. The van der Waals surface area contributed by atoms with Crippen molar-refractivity contribution in [3.05, 3.63) is 22.3 Å². The molecule has 1 N–H and O–H groups in total. The van der Waals surface area contributed by atoms with Crippen LogP contribution in [0, 0.1) is 20.8 Å². The lowest BCUT2D eigenvalue weighted by atomic mass is 9.87. The standard InChI is InChI=1S/C18H26O4/c1-6-7-10-21-17(20)18(5)9-8-14-13(4)15(19)11(2)12(3)16(14)22-18/h19H,6-10H2,1-5H3. The second kappa shape index (κ2) is 6.19. The fourth-order valence-electron chi connectivity index (χ4n) is 2.85. The number of hydrogen-bond acceptors (Lipinski definition) is 4. The highest BCUT2D eigenvalue weighted by molar-refractivity contribution is 5.80. The first-order chi connectivity index (χ1) is 10.3. The van der Waals surface area contributed by atoms with E-state index >= 15 is 0 Å². The van der Waals surface area contributed by atoms with Gasteiger partial charge in [-0.15, -0.1) is 0 Å². The molecule has 0 bridgehead atoms. The van der Waals surface area contributed by atoms with Crippen molar-refractivity contribution in [3.63, 3.8) is 0 Å². The third kappa shape index (κ3) is 2.79. The van der Waals surface area contributed by atoms with Gasteiger partial charge in [-0.25, -0.2) is 4.79 Å². The van der Waals surface area contributed by atoms with Gasteiger partial charge in [0.25, 0.3) is 0 Å². The number of carbonyl (C=O) groups excluding carboxylic acids is 1. The number of rotatable bonds is 4. The lowest BCUT2D eigenvalue weighted by Crippen LogP contribution is -2.46. The minimum Gasteiger partial charge on any atom is -0.507 e. The highest BCUT2D eigenvalue weighted by Crippen LogP contribution is 2.43. The van der Waals surface area contributed by atoms with Crippen LogP contribution in [0.1, 0.15) is 55.4 Å². The van der Waals surface area contributed by atoms with Crippen molar-refractivity contribution in [2.75, 3.05) is 6.61 Å². The van der Waals surface area contributed by atoms with Gasteiger partial charge in [-0.1, -0.05) is 13.3 Å². The van der Waals surface area contributed by atoms with Gasteiger partial charge in [-0.2, -0.15) is 0 Å². The molecule has 1 aliphatic rings. The first-order valence-electron chi connectivity index (χ1n) is 7.99. The zero-order valence-corrected chi connectivity index (χ0v) is 14.2. The van der Waals surface area contributed by atoms with E-state index in [9.17, 15) is 9.90 Å². The van der Waals surface area contributed by atoms with E-state index in [4.69, 9.17) is 9.47 Å². The van der Waals surface area contributed by atoms with Gasteiger partial charge < -0.3 is 14.6 Å². The van der Waals surface area contributed by atoms with Crippen molar-refractivity contribution in [1.29, 1.82) is 0 Å². The number of fused-ring (bicyclic) bond motifs is 1. The number of phenols is 1. The Kier molecular flexibility index (Phi) is 4.69. The van der Waals surface area contributed by atoms with Gasteiger partial charge in [0.1, 0.15) is 11.5 Å². The van der Waals surface area contributed by atoms with Gasteiger partial charge in [-0.3, -0.25) is 0 Å². The molecule has 22 heavy (non-hydrogen) atoms. The molecular weight excluding hydrogens is 280 g/mol. The Morgan fingerprint density at radius 3 is 2.59 bits per heavy atom. The van der Waals surface area contributed by atoms with Crippen molar-refractivity contribution in [2.24, 2.45) is 0 Å². The summed E-state index contributed by atoms with van der Waals surface area (Å²) in [5.41, 5.74) is 2.60. The van der Waals surface area contributed by atoms with Crippen molar-refractivity contribution in [2.45, 2.75) is 65.9 Å². The summed E-state index contributed by atoms with van der Waals surface area (Å²) < 4.78 is 11.4. The topological polar surface area (TPSA) is 55.8 Å². The smallest absolute Gasteiger partial charge is 0.350 e. The van der Waals surface area contributed by atoms with Crippen LogP contribution in [0.25, 0.3) is 0 Å². The molecule has 0 saturated heterocycles. The van der Waals surface area contributed by atoms with Crippen molar-refractivity contribution < 1.29 is 19.4 Å². The number of carbonyl (C=O) groups is 1. The first kappa shape index (κ1) is 16.7. The average molecular weight is 306 g/mol. The summed E-state index contributed by atoms with van der Waals surface area (Å²) in [6.07, 6.45) is 3.12. The third-order valence-corrected chi connectivity index (χ3v) is 4.68. The Morgan fingerprint density at radius 2 is 1.95 bits per heavy atom. The van der Waals surface area contributed by atoms with E-state index < -0.39 is 5.60 Å². The summed E-state index contributed by atoms with van der Waals surface area (Å²) in [4.78, 5) is 12.4. The maximum atomic E-state index is 12.4. The van der Waals surface area contributed by atoms with Gasteiger partial charge in [0.15, 0.2) is 0 Å². The Hall–Kier alpha value is -1.71. The number of esters is 1. The van der Waals surface area contributed by atoms with Crippen LogP contribution in [0.2, 0.25) is 0 Å². The summed E-state index contributed by atoms with van der Waals surface area (Å²) in [7, 11) is 0. The number of ether oxygens (including phenoxy) is 2. The summed E-state index contributed by atoms with van der Waals surface area (Å²) in [6.45, 7) is 9.97. The van der Waals surface area contributed by atoms with E-state index in [0.29, 0.717) is 25.2 Å². The van der Waals surface area contributed by atoms with Crippen LogP contribution >= 0.6 is 0 Å². The summed E-state index contributed by atoms with van der Waals surface area (Å²) >= 11 is 0. The van der Waals surface area contributed by atoms with E-state index in [1.54, 1.807) is 6.92 Å². The fraction of sp³-hybridized carbons (Fsp3) is 0.611. The molecule has 122 valence electrons. The van der Waals surface area contributed by atoms with Gasteiger partial charge in [0, 0.05) is 12.0 Å². The van der Waals surface area contributed by atoms with Crippen LogP contribution in [0.15, 0.2) is 0 Å². The van der Waals surface area contributed by atoms with Gasteiger partial charge >= 0.3 is 5.97 Å². The average Bonchev–Trinajstić information content (AvgIpc) is 2.51. The molecule has 0 fully saturated rings. The summed E-state index contributed by atoms with van der Waals surface area (Å²) in [5.74, 6) is 0.761. The largest absolute Gasteiger partial charge is 0.507 e. The Balaban J connectivity index is 2.29. The van der Waals surface area contributed by atoms with Crippen LogP contribution in [-0.2, 0) is 16.0 Å². The molecule has 0 spiro atoms. The molecule has 0 radical (unpaired) electrons. The molecule has 1 aromatic rings. The molecule has 1 heterocycles. The van der Waals surface area contributed by atoms with Crippen LogP contribution in [0.4, 0.5) is 0 Å². The van der Waals surface area contributed by atoms with E-state index in [0.717, 1.165) is 40.8 Å². The van der Waals surface area contributed by atoms with E-state index in [1.807, 2.05) is 20.8 Å². The maximum Gasteiger partial charge on any atom is 0.350 e. The molecule has 0 amide bonds. The molecular formula is C18H26O4. The SMILES string of the molecule is CCCCOC(=O)C1(C)CCc2c(C)c(O)c(C)c(C)c2O1. The molecule has 0 aliphatic carbocycles. The van der Waals surface area contributed by atoms with Crippen LogP contribution in [0.3, 0.4) is 0 Å². The zero-order chi connectivity index (χ0) is 16.5. The predicted octanol–water partition coefficient (Wildman–Crippen LogP) is 3.74. The predicted molar refractivity (Wildman–Crippen MR) is 85.5 cm³/mol. The molecule has 0 aromatic heterocycles. The summed E-state index contributed by atoms with van der Waals surface area (Å²) in [5, 5.41) is 10.2. The normalized spacial score (nSPS) is 20.2. The van der Waals surface area contributed by atoms with Gasteiger partial charge in [0.05, 0.1) is 6.61 Å². The van der Waals surface area contributed by atoms with Crippen LogP contribution in [0.5, 0.6) is 11.5 Å². The number of aromatic hydroxyl groups is 1. The molecule has 1 unspecified atom stereocenters. The van der Waals surface area contributed by atoms with Crippen molar-refractivity contribution in [1.82, 2.24) is 0 Å². The first-order valence-corrected chi connectivity index (χ1v) is 7.99. The zero-order valence-electron chi connectivity index (χ0n) is 14.2. The highest BCUT2D eigenvalue weighted by Gasteiger charge is 2.42. The molecule has 1 aromatic carbocycles. The third-order valence-electron chi connectivity index (χ3n) is 4.68. The fourth-order valence-corrected chi connectivity index (χ4v) is 2.85. The number of unbranched alkanes of at least 4 members (excludes halogenated alkanes) is 1. The van der Waals surface area contributed by atoms with Crippen molar-refractivity contribution in [3.8, 4) is 11.5 Å². The Bertz CT molecular complexity index is 591. The lowest BCUT2D eigenvalue weighted by Gasteiger charge is -2.35. The van der Waals surface area contributed by atoms with Gasteiger partial charge in [-0.05, 0) is 57.2 Å². The molecule has 0 saturated carbocycles. The van der Waals surface area contributed by atoms with Crippen LogP contribution in [-0.4, -0.2) is 23.3 Å². The molecule has 4 heteroatoms. The molecule has 1 atom stereocenters. The highest BCUT2D eigenvalue weighted by atomic mass is 16.6. The monoisotopic (exact) mass is 306 g/mol. The maximum absolute atomic E-state index is 12.4. The number of benzene rings is 1. The number of phenolic OH excluding ortho intramolecular Hbond substituents is 1. The Morgan fingerprint density at radius 1 is 1.27 bits per heavy atom. The van der Waals surface area contributed by atoms with Crippen molar-refractivity contribution >= 4 is 5.97 Å². The molecule has 2 rings (SSSR count). The van der Waals surface area contributed by atoms with Crippen LogP contribution < -0.4 is 4.74 Å². The van der Waals surface area contributed by atoms with E-state index in [-0.39, 0.29) is 5.97 Å². The minimum atomic E-state index is -0.943. The second-order valence-electron chi connectivity index (χ2n) is 6.35. The molecule has 4 nitrogen and oxygen atoms in total. The minimum absolute atomic E-state index is 0.297. The van der Waals surface area contributed by atoms with Gasteiger partial charge in [0.2, 0.25) is 5.60 Å².